The molecule has 1 atom stereocenters. The van der Waals surface area contributed by atoms with E-state index in [0.29, 0.717) is 6.10 Å². The first-order valence-corrected chi connectivity index (χ1v) is 6.19. The number of rotatable bonds is 6. The van der Waals surface area contributed by atoms with E-state index in [-0.39, 0.29) is 0 Å². The Morgan fingerprint density at radius 1 is 1.53 bits per heavy atom. The zero-order chi connectivity index (χ0) is 11.9. The lowest BCUT2D eigenvalue weighted by Gasteiger charge is -2.30. The molecule has 1 fully saturated rings. The van der Waals surface area contributed by atoms with E-state index < -0.39 is 0 Å². The lowest BCUT2D eigenvalue weighted by Crippen LogP contribution is -2.45. The molecule has 6 nitrogen and oxygen atoms in total. The first-order chi connectivity index (χ1) is 8.34. The van der Waals surface area contributed by atoms with Crippen molar-refractivity contribution in [2.45, 2.75) is 19.1 Å². The third-order valence-corrected chi connectivity index (χ3v) is 2.93. The third kappa shape index (κ3) is 4.41. The molecule has 1 N–H and O–H groups in total. The maximum absolute atomic E-state index is 5.67. The molecule has 2 rings (SSSR count). The molecule has 0 amide bonds. The number of hydrogen-bond donors (Lipinski definition) is 1. The highest BCUT2D eigenvalue weighted by Crippen LogP contribution is 2.01. The Balaban J connectivity index is 1.51. The fourth-order valence-corrected chi connectivity index (χ4v) is 1.97. The van der Waals surface area contributed by atoms with Gasteiger partial charge in [0.05, 0.1) is 18.9 Å². The van der Waals surface area contributed by atoms with E-state index >= 15 is 0 Å². The van der Waals surface area contributed by atoms with E-state index in [1.54, 1.807) is 6.20 Å². The number of aromatic nitrogens is 3. The normalized spacial score (nSPS) is 21.8. The summed E-state index contributed by atoms with van der Waals surface area (Å²) in [5.74, 6) is 0. The van der Waals surface area contributed by atoms with Gasteiger partial charge in [0, 0.05) is 32.4 Å². The molecule has 1 aliphatic heterocycles. The van der Waals surface area contributed by atoms with Gasteiger partial charge in [-0.1, -0.05) is 5.21 Å². The summed E-state index contributed by atoms with van der Waals surface area (Å²) in [6.07, 6.45) is 4.99. The van der Waals surface area contributed by atoms with Gasteiger partial charge < -0.3 is 15.0 Å². The molecule has 17 heavy (non-hydrogen) atoms. The minimum Gasteiger partial charge on any atom is -0.374 e. The number of morpholine rings is 1. The molecule has 1 saturated heterocycles. The van der Waals surface area contributed by atoms with Crippen molar-refractivity contribution in [3.05, 3.63) is 12.4 Å². The second kappa shape index (κ2) is 6.68. The summed E-state index contributed by atoms with van der Waals surface area (Å²) in [4.78, 5) is 2.31. The SMILES string of the molecule is CN1CCOC(CNCCCn2ccnn2)C1. The number of nitrogens with zero attached hydrogens (tertiary/aromatic N) is 4. The van der Waals surface area contributed by atoms with Crippen molar-refractivity contribution in [2.75, 3.05) is 39.8 Å². The van der Waals surface area contributed by atoms with Gasteiger partial charge in [-0.2, -0.15) is 0 Å². The molecule has 0 aromatic carbocycles. The van der Waals surface area contributed by atoms with Crippen molar-refractivity contribution < 1.29 is 4.74 Å². The number of ether oxygens (including phenoxy) is 1. The molecule has 0 aliphatic carbocycles. The monoisotopic (exact) mass is 239 g/mol. The van der Waals surface area contributed by atoms with Crippen molar-refractivity contribution in [1.29, 1.82) is 0 Å². The number of likely N-dealkylation sites (N-methyl/N-ethyl adjacent to an activating group) is 1. The van der Waals surface area contributed by atoms with Crippen LogP contribution in [0.15, 0.2) is 12.4 Å². The molecule has 0 saturated carbocycles. The Morgan fingerprint density at radius 3 is 3.24 bits per heavy atom. The van der Waals surface area contributed by atoms with Crippen LogP contribution >= 0.6 is 0 Å². The fourth-order valence-electron chi connectivity index (χ4n) is 1.97. The summed E-state index contributed by atoms with van der Waals surface area (Å²) < 4.78 is 7.52. The van der Waals surface area contributed by atoms with Gasteiger partial charge in [0.15, 0.2) is 0 Å². The van der Waals surface area contributed by atoms with Gasteiger partial charge in [0.1, 0.15) is 0 Å². The molecular weight excluding hydrogens is 218 g/mol. The molecule has 1 aromatic heterocycles. The zero-order valence-corrected chi connectivity index (χ0v) is 10.4. The summed E-state index contributed by atoms with van der Waals surface area (Å²) in [6.45, 7) is 5.75. The van der Waals surface area contributed by atoms with Crippen molar-refractivity contribution in [3.63, 3.8) is 0 Å². The molecule has 1 unspecified atom stereocenters. The van der Waals surface area contributed by atoms with Crippen LogP contribution in [0.3, 0.4) is 0 Å². The van der Waals surface area contributed by atoms with Crippen LogP contribution in [-0.4, -0.2) is 65.8 Å². The van der Waals surface area contributed by atoms with Crippen LogP contribution in [0, 0.1) is 0 Å². The van der Waals surface area contributed by atoms with Gasteiger partial charge >= 0.3 is 0 Å². The van der Waals surface area contributed by atoms with Crippen LogP contribution < -0.4 is 5.32 Å². The zero-order valence-electron chi connectivity index (χ0n) is 10.4. The van der Waals surface area contributed by atoms with E-state index in [1.807, 2.05) is 10.9 Å². The third-order valence-electron chi connectivity index (χ3n) is 2.93. The predicted molar refractivity (Wildman–Crippen MR) is 64.7 cm³/mol. The van der Waals surface area contributed by atoms with Crippen molar-refractivity contribution >= 4 is 0 Å². The second-order valence-corrected chi connectivity index (χ2v) is 4.48. The summed E-state index contributed by atoms with van der Waals surface area (Å²) in [5, 5.41) is 11.1. The Bertz CT molecular complexity index is 303. The van der Waals surface area contributed by atoms with Gasteiger partial charge in [-0.05, 0) is 20.0 Å². The van der Waals surface area contributed by atoms with Crippen LogP contribution in [-0.2, 0) is 11.3 Å². The lowest BCUT2D eigenvalue weighted by atomic mass is 10.3. The standard InChI is InChI=1S/C11H21N5O/c1-15-7-8-17-11(10-15)9-12-3-2-5-16-6-4-13-14-16/h4,6,11-12H,2-3,5,7-10H2,1H3. The molecule has 96 valence electrons. The largest absolute Gasteiger partial charge is 0.374 e. The molecule has 2 heterocycles. The van der Waals surface area contributed by atoms with Crippen molar-refractivity contribution in [2.24, 2.45) is 0 Å². The van der Waals surface area contributed by atoms with Crippen molar-refractivity contribution in [1.82, 2.24) is 25.2 Å². The van der Waals surface area contributed by atoms with Gasteiger partial charge in [-0.3, -0.25) is 4.68 Å². The van der Waals surface area contributed by atoms with Crippen LogP contribution in [0.1, 0.15) is 6.42 Å². The highest BCUT2D eigenvalue weighted by molar-refractivity contribution is 4.71. The molecule has 0 bridgehead atoms. The van der Waals surface area contributed by atoms with Gasteiger partial charge in [-0.25, -0.2) is 0 Å². The topological polar surface area (TPSA) is 55.2 Å². The Hall–Kier alpha value is -0.980. The molecule has 0 radical (unpaired) electrons. The highest BCUT2D eigenvalue weighted by Gasteiger charge is 2.16. The smallest absolute Gasteiger partial charge is 0.0826 e. The lowest BCUT2D eigenvalue weighted by molar-refractivity contribution is -0.0180. The van der Waals surface area contributed by atoms with Gasteiger partial charge in [-0.15, -0.1) is 5.10 Å². The predicted octanol–water partition coefficient (Wildman–Crippen LogP) is -0.412. The van der Waals surface area contributed by atoms with E-state index in [1.165, 1.54) is 0 Å². The average Bonchev–Trinajstić information content (AvgIpc) is 2.82. The maximum Gasteiger partial charge on any atom is 0.0826 e. The molecule has 1 aliphatic rings. The summed E-state index contributed by atoms with van der Waals surface area (Å²) in [7, 11) is 2.14. The average molecular weight is 239 g/mol. The Kier molecular flexibility index (Phi) is 4.90. The van der Waals surface area contributed by atoms with E-state index in [9.17, 15) is 0 Å². The number of hydrogen-bond acceptors (Lipinski definition) is 5. The van der Waals surface area contributed by atoms with Crippen molar-refractivity contribution in [3.8, 4) is 0 Å². The van der Waals surface area contributed by atoms with E-state index in [0.717, 1.165) is 45.8 Å². The first-order valence-electron chi connectivity index (χ1n) is 6.19. The van der Waals surface area contributed by atoms with E-state index in [2.05, 4.69) is 27.6 Å². The van der Waals surface area contributed by atoms with Gasteiger partial charge in [0.2, 0.25) is 0 Å². The maximum atomic E-state index is 5.67. The minimum atomic E-state index is 0.333. The number of aryl methyl sites for hydroxylation is 1. The summed E-state index contributed by atoms with van der Waals surface area (Å²) in [6, 6.07) is 0. The highest BCUT2D eigenvalue weighted by atomic mass is 16.5. The number of nitrogens with one attached hydrogen (secondary N) is 1. The van der Waals surface area contributed by atoms with Crippen LogP contribution in [0.4, 0.5) is 0 Å². The fraction of sp³-hybridized carbons (Fsp3) is 0.818. The second-order valence-electron chi connectivity index (χ2n) is 4.48. The molecular formula is C11H21N5O. The minimum absolute atomic E-state index is 0.333. The van der Waals surface area contributed by atoms with Crippen LogP contribution in [0.25, 0.3) is 0 Å². The Morgan fingerprint density at radius 2 is 2.47 bits per heavy atom. The van der Waals surface area contributed by atoms with Gasteiger partial charge in [0.25, 0.3) is 0 Å². The molecule has 6 heteroatoms. The molecule has 1 aromatic rings. The summed E-state index contributed by atoms with van der Waals surface area (Å²) >= 11 is 0. The van der Waals surface area contributed by atoms with Crippen LogP contribution in [0.5, 0.6) is 0 Å². The first kappa shape index (κ1) is 12.5. The molecule has 0 spiro atoms. The Labute approximate surface area is 102 Å². The van der Waals surface area contributed by atoms with Crippen LogP contribution in [0.2, 0.25) is 0 Å². The summed E-state index contributed by atoms with van der Waals surface area (Å²) in [5.41, 5.74) is 0. The quantitative estimate of drug-likeness (QED) is 0.684. The van der Waals surface area contributed by atoms with E-state index in [4.69, 9.17) is 4.74 Å².